The predicted octanol–water partition coefficient (Wildman–Crippen LogP) is 5.14. The van der Waals surface area contributed by atoms with E-state index in [1.807, 2.05) is 54.6 Å². The van der Waals surface area contributed by atoms with Crippen LogP contribution in [0.25, 0.3) is 0 Å². The number of rotatable bonds is 7. The van der Waals surface area contributed by atoms with Gasteiger partial charge in [0.15, 0.2) is 5.75 Å². The van der Waals surface area contributed by atoms with Gasteiger partial charge in [-0.15, -0.1) is 0 Å². The number of aromatic nitrogens is 1. The molecule has 29 heavy (non-hydrogen) atoms. The molecule has 0 fully saturated rings. The van der Waals surface area contributed by atoms with Gasteiger partial charge in [0.05, 0.1) is 24.1 Å². The number of carbonyl (C=O) groups excluding carboxylic acids is 1. The van der Waals surface area contributed by atoms with Gasteiger partial charge in [0.25, 0.3) is 5.91 Å². The van der Waals surface area contributed by atoms with Crippen LogP contribution in [0.15, 0.2) is 95.7 Å². The lowest BCUT2D eigenvalue weighted by molar-refractivity contribution is 0.0947. The number of benzene rings is 2. The normalized spacial score (nSPS) is 10.3. The zero-order chi connectivity index (χ0) is 19.9. The van der Waals surface area contributed by atoms with Crippen molar-refractivity contribution < 1.29 is 13.9 Å². The highest BCUT2D eigenvalue weighted by molar-refractivity contribution is 5.94. The largest absolute Gasteiger partial charge is 0.467 e. The van der Waals surface area contributed by atoms with Gasteiger partial charge in [0.2, 0.25) is 0 Å². The number of nitrogens with zero attached hydrogens (tertiary/aromatic N) is 1. The Bertz CT molecular complexity index is 1060. The van der Waals surface area contributed by atoms with Crippen LogP contribution in [-0.4, -0.2) is 10.9 Å². The number of ether oxygens (including phenoxy) is 1. The van der Waals surface area contributed by atoms with Gasteiger partial charge in [0, 0.05) is 6.20 Å². The number of hydrogen-bond donors (Lipinski definition) is 2. The van der Waals surface area contributed by atoms with Crippen LogP contribution in [0.1, 0.15) is 16.1 Å². The monoisotopic (exact) mass is 385 g/mol. The highest BCUT2D eigenvalue weighted by Crippen LogP contribution is 2.30. The molecular weight excluding hydrogens is 366 g/mol. The summed E-state index contributed by atoms with van der Waals surface area (Å²) in [6.07, 6.45) is 3.10. The first kappa shape index (κ1) is 18.3. The van der Waals surface area contributed by atoms with Crippen LogP contribution in [0.3, 0.4) is 0 Å². The fraction of sp³-hybridized carbons (Fsp3) is 0.0435. The van der Waals surface area contributed by atoms with Crippen LogP contribution in [0.5, 0.6) is 11.5 Å². The lowest BCUT2D eigenvalue weighted by atomic mass is 10.2. The van der Waals surface area contributed by atoms with Gasteiger partial charge in [-0.2, -0.15) is 0 Å². The number of carbonyl (C=O) groups is 1. The van der Waals surface area contributed by atoms with E-state index in [9.17, 15) is 4.79 Å². The van der Waals surface area contributed by atoms with E-state index in [2.05, 4.69) is 15.6 Å². The van der Waals surface area contributed by atoms with Crippen LogP contribution in [0, 0.1) is 0 Å². The Labute approximate surface area is 168 Å². The van der Waals surface area contributed by atoms with Gasteiger partial charge in [0.1, 0.15) is 17.3 Å². The third-order valence-corrected chi connectivity index (χ3v) is 4.15. The Kier molecular flexibility index (Phi) is 5.53. The lowest BCUT2D eigenvalue weighted by Gasteiger charge is -2.12. The second-order valence-electron chi connectivity index (χ2n) is 6.23. The van der Waals surface area contributed by atoms with Gasteiger partial charge in [-0.25, -0.2) is 4.98 Å². The van der Waals surface area contributed by atoms with Crippen LogP contribution in [0.4, 0.5) is 11.5 Å². The van der Waals surface area contributed by atoms with E-state index < -0.39 is 0 Å². The number of para-hydroxylation sites is 3. The van der Waals surface area contributed by atoms with Gasteiger partial charge in [-0.1, -0.05) is 30.3 Å². The molecule has 0 atom stereocenters. The van der Waals surface area contributed by atoms with Crippen LogP contribution >= 0.6 is 0 Å². The first-order valence-corrected chi connectivity index (χ1v) is 9.13. The fourth-order valence-electron chi connectivity index (χ4n) is 2.70. The van der Waals surface area contributed by atoms with Gasteiger partial charge in [-0.3, -0.25) is 4.79 Å². The molecule has 0 radical (unpaired) electrons. The molecule has 0 bridgehead atoms. The van der Waals surface area contributed by atoms with E-state index >= 15 is 0 Å². The number of nitrogens with one attached hydrogen (secondary N) is 2. The average molecular weight is 385 g/mol. The molecule has 0 aliphatic carbocycles. The Morgan fingerprint density at radius 2 is 1.76 bits per heavy atom. The molecular formula is C23H19N3O3. The van der Waals surface area contributed by atoms with Crippen molar-refractivity contribution in [3.63, 3.8) is 0 Å². The first-order chi connectivity index (χ1) is 14.3. The van der Waals surface area contributed by atoms with Gasteiger partial charge < -0.3 is 19.8 Å². The molecule has 0 unspecified atom stereocenters. The fourth-order valence-corrected chi connectivity index (χ4v) is 2.70. The van der Waals surface area contributed by atoms with E-state index in [1.54, 1.807) is 30.5 Å². The van der Waals surface area contributed by atoms with Crippen molar-refractivity contribution in [1.82, 2.24) is 10.3 Å². The maximum Gasteiger partial charge on any atom is 0.253 e. The summed E-state index contributed by atoms with van der Waals surface area (Å²) in [7, 11) is 0. The van der Waals surface area contributed by atoms with Crippen molar-refractivity contribution in [3.8, 4) is 11.5 Å². The maximum atomic E-state index is 12.2. The number of hydrogen-bond acceptors (Lipinski definition) is 5. The minimum Gasteiger partial charge on any atom is -0.467 e. The smallest absolute Gasteiger partial charge is 0.253 e. The molecule has 0 spiro atoms. The molecule has 0 saturated carbocycles. The summed E-state index contributed by atoms with van der Waals surface area (Å²) in [5.41, 5.74) is 1.25. The molecule has 6 heteroatoms. The molecule has 4 rings (SSSR count). The van der Waals surface area contributed by atoms with Crippen molar-refractivity contribution in [2.75, 3.05) is 5.32 Å². The number of furan rings is 1. The molecule has 2 N–H and O–H groups in total. The van der Waals surface area contributed by atoms with Gasteiger partial charge >= 0.3 is 0 Å². The van der Waals surface area contributed by atoms with Crippen molar-refractivity contribution in [1.29, 1.82) is 0 Å². The predicted molar refractivity (Wildman–Crippen MR) is 110 cm³/mol. The Morgan fingerprint density at radius 3 is 2.52 bits per heavy atom. The minimum absolute atomic E-state index is 0.215. The van der Waals surface area contributed by atoms with Crippen molar-refractivity contribution in [2.24, 2.45) is 0 Å². The summed E-state index contributed by atoms with van der Waals surface area (Å²) < 4.78 is 11.2. The molecule has 144 valence electrons. The van der Waals surface area contributed by atoms with Crippen LogP contribution in [-0.2, 0) is 6.54 Å². The summed E-state index contributed by atoms with van der Waals surface area (Å²) in [4.78, 5) is 16.6. The van der Waals surface area contributed by atoms with Crippen molar-refractivity contribution >= 4 is 17.4 Å². The van der Waals surface area contributed by atoms with Crippen LogP contribution in [0.2, 0.25) is 0 Å². The summed E-state index contributed by atoms with van der Waals surface area (Å²) in [5.74, 6) is 2.52. The van der Waals surface area contributed by atoms with E-state index in [0.717, 1.165) is 11.4 Å². The number of amides is 1. The zero-order valence-electron chi connectivity index (χ0n) is 15.5. The Balaban J connectivity index is 1.42. The number of pyridine rings is 1. The molecule has 2 aromatic carbocycles. The quantitative estimate of drug-likeness (QED) is 0.461. The number of anilines is 2. The highest BCUT2D eigenvalue weighted by atomic mass is 16.5. The van der Waals surface area contributed by atoms with Gasteiger partial charge in [-0.05, 0) is 48.5 Å². The third kappa shape index (κ3) is 4.81. The minimum atomic E-state index is -0.215. The second-order valence-corrected chi connectivity index (χ2v) is 6.23. The molecule has 4 aromatic rings. The SMILES string of the molecule is O=C(NCc1ccco1)c1ccc(Nc2ccccc2Oc2ccccc2)nc1. The maximum absolute atomic E-state index is 12.2. The van der Waals surface area contributed by atoms with E-state index in [1.165, 1.54) is 6.20 Å². The molecule has 0 aliphatic rings. The Hall–Kier alpha value is -4.06. The summed E-state index contributed by atoms with van der Waals surface area (Å²) in [5, 5.41) is 6.02. The van der Waals surface area contributed by atoms with E-state index in [4.69, 9.17) is 9.15 Å². The van der Waals surface area contributed by atoms with E-state index in [-0.39, 0.29) is 5.91 Å². The molecule has 0 saturated heterocycles. The van der Waals surface area contributed by atoms with Crippen molar-refractivity contribution in [2.45, 2.75) is 6.54 Å². The zero-order valence-corrected chi connectivity index (χ0v) is 15.5. The third-order valence-electron chi connectivity index (χ3n) is 4.15. The van der Waals surface area contributed by atoms with Crippen LogP contribution < -0.4 is 15.4 Å². The summed E-state index contributed by atoms with van der Waals surface area (Å²) in [6.45, 7) is 0.329. The molecule has 0 aliphatic heterocycles. The molecule has 2 heterocycles. The molecule has 1 amide bonds. The lowest BCUT2D eigenvalue weighted by Crippen LogP contribution is -2.22. The summed E-state index contributed by atoms with van der Waals surface area (Å²) >= 11 is 0. The Morgan fingerprint density at radius 1 is 0.931 bits per heavy atom. The van der Waals surface area contributed by atoms with E-state index in [0.29, 0.717) is 29.4 Å². The average Bonchev–Trinajstić information content (AvgIpc) is 3.28. The van der Waals surface area contributed by atoms with Crippen molar-refractivity contribution in [3.05, 3.63) is 103 Å². The molecule has 6 nitrogen and oxygen atoms in total. The highest BCUT2D eigenvalue weighted by Gasteiger charge is 2.09. The topological polar surface area (TPSA) is 76.4 Å². The second kappa shape index (κ2) is 8.75. The summed E-state index contributed by atoms with van der Waals surface area (Å²) in [6, 6.07) is 24.2. The standard InChI is InChI=1S/C23H19N3O3/c27-23(25-16-19-9-6-14-28-19)17-12-13-22(24-15-17)26-20-10-4-5-11-21(20)29-18-7-2-1-3-8-18/h1-15H,16H2,(H,24,26)(H,25,27). The first-order valence-electron chi connectivity index (χ1n) is 9.13. The molecule has 2 aromatic heterocycles.